The summed E-state index contributed by atoms with van der Waals surface area (Å²) in [5.74, 6) is 0. The molecule has 0 rings (SSSR count). The minimum atomic E-state index is -0.136. The Morgan fingerprint density at radius 3 is 1.21 bits per heavy atom. The summed E-state index contributed by atoms with van der Waals surface area (Å²) in [4.78, 5) is 6.69. The molecule has 0 radical (unpaired) electrons. The Balaban J connectivity index is 4.47. The molecule has 0 amide bonds. The Labute approximate surface area is 297 Å². The van der Waals surface area contributed by atoms with E-state index in [9.17, 15) is 0 Å². The van der Waals surface area contributed by atoms with Crippen molar-refractivity contribution >= 4 is 0 Å². The van der Waals surface area contributed by atoms with E-state index in [1.54, 1.807) is 7.11 Å². The van der Waals surface area contributed by atoms with Crippen LogP contribution in [0.2, 0.25) is 0 Å². The molecule has 0 aromatic rings. The first kappa shape index (κ1) is 46.8. The molecule has 0 spiro atoms. The predicted octanol–water partition coefficient (Wildman–Crippen LogP) is 14.2. The second-order valence-electron chi connectivity index (χ2n) is 16.3. The van der Waals surface area contributed by atoms with Gasteiger partial charge in [0, 0.05) is 20.2 Å². The van der Waals surface area contributed by atoms with Crippen molar-refractivity contribution < 1.29 is 14.3 Å². The van der Waals surface area contributed by atoms with Crippen molar-refractivity contribution in [2.75, 3.05) is 20.8 Å². The molecule has 0 aromatic heterocycles. The fourth-order valence-electron chi connectivity index (χ4n) is 6.50. The van der Waals surface area contributed by atoms with Crippen LogP contribution in [0.4, 0.5) is 0 Å². The van der Waals surface area contributed by atoms with Crippen molar-refractivity contribution in [2.24, 2.45) is 0 Å². The summed E-state index contributed by atoms with van der Waals surface area (Å²) < 4.78 is 11.9. The molecule has 1 unspecified atom stereocenters. The van der Waals surface area contributed by atoms with Crippen LogP contribution in [0.3, 0.4) is 0 Å². The number of ether oxygens (including phenoxy) is 2. The number of unbranched alkanes of at least 4 members (excludes halogenated alkanes) is 22. The highest BCUT2D eigenvalue weighted by molar-refractivity contribution is 4.74. The first-order chi connectivity index (χ1) is 22.6. The quantitative estimate of drug-likeness (QED) is 0.0487. The van der Waals surface area contributed by atoms with Gasteiger partial charge in [-0.05, 0) is 66.7 Å². The average Bonchev–Trinajstić information content (AvgIpc) is 3.04. The number of hydroxylamine groups is 2. The summed E-state index contributed by atoms with van der Waals surface area (Å²) in [6.07, 6.45) is 39.5. The molecule has 284 valence electrons. The number of hydrogen-bond donors (Lipinski definition) is 0. The number of methoxy groups -OCH3 is 1. The van der Waals surface area contributed by atoms with E-state index in [2.05, 4.69) is 60.6 Å². The van der Waals surface area contributed by atoms with Gasteiger partial charge in [-0.3, -0.25) is 4.84 Å². The maximum absolute atomic E-state index is 6.69. The Bertz CT molecular complexity index is 609. The minimum absolute atomic E-state index is 0.131. The normalized spacial score (nSPS) is 13.3. The molecule has 0 saturated carbocycles. The topological polar surface area (TPSA) is 30.9 Å². The number of nitrogens with zero attached hydrogens (tertiary/aromatic N) is 1. The second-order valence-corrected chi connectivity index (χ2v) is 16.3. The van der Waals surface area contributed by atoms with Crippen molar-refractivity contribution in [1.29, 1.82) is 0 Å². The molecule has 47 heavy (non-hydrogen) atoms. The summed E-state index contributed by atoms with van der Waals surface area (Å²) in [6.45, 7) is 16.4. The summed E-state index contributed by atoms with van der Waals surface area (Å²) >= 11 is 0. The lowest BCUT2D eigenvalue weighted by Gasteiger charge is -2.33. The molecule has 0 N–H and O–H groups in total. The van der Waals surface area contributed by atoms with E-state index >= 15 is 0 Å². The fraction of sp³-hybridized carbons (Fsp3) is 1.00. The van der Waals surface area contributed by atoms with Gasteiger partial charge in [-0.1, -0.05) is 168 Å². The third-order valence-electron chi connectivity index (χ3n) is 10.6. The van der Waals surface area contributed by atoms with Gasteiger partial charge in [0.2, 0.25) is 0 Å². The van der Waals surface area contributed by atoms with E-state index in [1.165, 1.54) is 167 Å². The van der Waals surface area contributed by atoms with Gasteiger partial charge in [0.1, 0.15) is 0 Å². The lowest BCUT2D eigenvalue weighted by molar-refractivity contribution is -0.208. The van der Waals surface area contributed by atoms with Crippen LogP contribution in [-0.2, 0) is 14.3 Å². The monoisotopic (exact) mass is 668 g/mol. The van der Waals surface area contributed by atoms with E-state index < -0.39 is 0 Å². The maximum Gasteiger partial charge on any atom is 0.0793 e. The van der Waals surface area contributed by atoms with Gasteiger partial charge in [0.05, 0.1) is 23.9 Å². The van der Waals surface area contributed by atoms with Crippen LogP contribution in [0, 0.1) is 0 Å². The Morgan fingerprint density at radius 1 is 0.489 bits per heavy atom. The van der Waals surface area contributed by atoms with Crippen LogP contribution in [0.15, 0.2) is 0 Å². The van der Waals surface area contributed by atoms with Gasteiger partial charge in [-0.15, -0.1) is 0 Å². The Hall–Kier alpha value is -0.160. The zero-order valence-corrected chi connectivity index (χ0v) is 34.0. The first-order valence-electron chi connectivity index (χ1n) is 21.2. The number of hydrogen-bond acceptors (Lipinski definition) is 4. The molecule has 4 nitrogen and oxygen atoms in total. The van der Waals surface area contributed by atoms with Gasteiger partial charge in [-0.2, -0.15) is 5.06 Å². The van der Waals surface area contributed by atoms with Crippen molar-refractivity contribution in [3.8, 4) is 0 Å². The van der Waals surface area contributed by atoms with E-state index in [0.717, 1.165) is 25.9 Å². The van der Waals surface area contributed by atoms with Gasteiger partial charge in [0.25, 0.3) is 0 Å². The molecular weight excluding hydrogens is 578 g/mol. The summed E-state index contributed by atoms with van der Waals surface area (Å²) in [7, 11) is 3.95. The van der Waals surface area contributed by atoms with Crippen LogP contribution in [0.25, 0.3) is 0 Å². The minimum Gasteiger partial charge on any atom is -0.379 e. The Kier molecular flexibility index (Phi) is 31.7. The predicted molar refractivity (Wildman–Crippen MR) is 208 cm³/mol. The average molecular weight is 668 g/mol. The second kappa shape index (κ2) is 31.8. The third-order valence-corrected chi connectivity index (χ3v) is 10.6. The third kappa shape index (κ3) is 31.6. The highest BCUT2D eigenvalue weighted by atomic mass is 16.7. The molecule has 0 heterocycles. The smallest absolute Gasteiger partial charge is 0.0793 e. The summed E-state index contributed by atoms with van der Waals surface area (Å²) in [5.41, 5.74) is -0.268. The molecule has 0 fully saturated rings. The summed E-state index contributed by atoms with van der Waals surface area (Å²) in [5, 5.41) is 2.18. The van der Waals surface area contributed by atoms with Crippen molar-refractivity contribution in [1.82, 2.24) is 5.06 Å². The van der Waals surface area contributed by atoms with Crippen LogP contribution in [0.1, 0.15) is 235 Å². The Morgan fingerprint density at radius 2 is 0.851 bits per heavy atom. The molecule has 0 saturated heterocycles. The number of rotatable bonds is 37. The SMILES string of the molecule is CCCCCCCCCCCCCCC(CCCCCCCCCCCCCC)ON(C)C(C)CCC(C)(C)OCCC(C)(C)OC. The van der Waals surface area contributed by atoms with E-state index in [0.29, 0.717) is 12.1 Å². The largest absolute Gasteiger partial charge is 0.379 e. The van der Waals surface area contributed by atoms with Gasteiger partial charge in [0.15, 0.2) is 0 Å². The van der Waals surface area contributed by atoms with Crippen molar-refractivity contribution in [3.63, 3.8) is 0 Å². The maximum atomic E-state index is 6.69. The lowest BCUT2D eigenvalue weighted by atomic mass is 9.99. The molecule has 0 aliphatic rings. The first-order valence-corrected chi connectivity index (χ1v) is 21.2. The fourth-order valence-corrected chi connectivity index (χ4v) is 6.50. The van der Waals surface area contributed by atoms with Crippen LogP contribution in [0.5, 0.6) is 0 Å². The molecule has 4 heteroatoms. The van der Waals surface area contributed by atoms with Crippen LogP contribution >= 0.6 is 0 Å². The summed E-state index contributed by atoms with van der Waals surface area (Å²) in [6, 6.07) is 0.375. The van der Waals surface area contributed by atoms with Gasteiger partial charge >= 0.3 is 0 Å². The molecule has 0 aromatic carbocycles. The van der Waals surface area contributed by atoms with E-state index in [1.807, 2.05) is 0 Å². The van der Waals surface area contributed by atoms with Gasteiger partial charge < -0.3 is 9.47 Å². The van der Waals surface area contributed by atoms with E-state index in [4.69, 9.17) is 14.3 Å². The highest BCUT2D eigenvalue weighted by Crippen LogP contribution is 2.24. The van der Waals surface area contributed by atoms with Crippen LogP contribution in [-0.4, -0.2) is 49.2 Å². The zero-order valence-electron chi connectivity index (χ0n) is 34.0. The van der Waals surface area contributed by atoms with E-state index in [-0.39, 0.29) is 11.2 Å². The zero-order chi connectivity index (χ0) is 35.1. The van der Waals surface area contributed by atoms with Crippen LogP contribution < -0.4 is 0 Å². The molecular formula is C43H89NO3. The van der Waals surface area contributed by atoms with Crippen molar-refractivity contribution in [3.05, 3.63) is 0 Å². The standard InChI is InChI=1S/C43H89NO3/c1-10-12-14-16-18-20-22-24-26-28-30-32-34-41(35-33-31-29-27-25-23-21-19-17-15-13-11-2)47-44(8)40(3)36-37-43(6,7)46-39-38-42(4,5)45-9/h40-41H,10-39H2,1-9H3. The van der Waals surface area contributed by atoms with Gasteiger partial charge in [-0.25, -0.2) is 0 Å². The highest BCUT2D eigenvalue weighted by Gasteiger charge is 2.24. The molecule has 0 aliphatic heterocycles. The van der Waals surface area contributed by atoms with Crippen molar-refractivity contribution in [2.45, 2.75) is 258 Å². The molecule has 1 atom stereocenters. The molecule has 0 aliphatic carbocycles. The molecule has 0 bridgehead atoms. The lowest BCUT2D eigenvalue weighted by Crippen LogP contribution is -2.36.